The van der Waals surface area contributed by atoms with E-state index in [0.29, 0.717) is 18.4 Å². The Bertz CT molecular complexity index is 538. The van der Waals surface area contributed by atoms with Crippen LogP contribution in [0.25, 0.3) is 0 Å². The number of carbonyl (C=O) groups is 1. The zero-order valence-electron chi connectivity index (χ0n) is 14.5. The van der Waals surface area contributed by atoms with Gasteiger partial charge in [-0.05, 0) is 6.92 Å². The van der Waals surface area contributed by atoms with E-state index < -0.39 is 0 Å². The third kappa shape index (κ3) is 4.29. The van der Waals surface area contributed by atoms with Crippen molar-refractivity contribution in [1.29, 1.82) is 0 Å². The topological polar surface area (TPSA) is 74.5 Å². The highest BCUT2D eigenvalue weighted by molar-refractivity contribution is 7.99. The molecule has 3 heterocycles. The Balaban J connectivity index is 1.47. The van der Waals surface area contributed by atoms with Crippen LogP contribution in [0.1, 0.15) is 38.0 Å². The van der Waals surface area contributed by atoms with E-state index in [1.54, 1.807) is 0 Å². The van der Waals surface area contributed by atoms with Crippen LogP contribution in [0.4, 0.5) is 0 Å². The normalized spacial score (nSPS) is 24.1. The molecule has 2 unspecified atom stereocenters. The summed E-state index contributed by atoms with van der Waals surface area (Å²) in [6.45, 7) is 8.37. The van der Waals surface area contributed by atoms with Crippen LogP contribution < -0.4 is 5.32 Å². The monoisotopic (exact) mass is 353 g/mol. The number of aryl methyl sites for hydroxylation is 1. The van der Waals surface area contributed by atoms with Crippen molar-refractivity contribution in [2.75, 3.05) is 44.2 Å². The van der Waals surface area contributed by atoms with E-state index in [2.05, 4.69) is 27.3 Å². The lowest BCUT2D eigenvalue weighted by atomic mass is 10.1. The molecule has 1 amide bonds. The second kappa shape index (κ2) is 8.31. The fraction of sp³-hybridized carbons (Fsp3) is 0.812. The molecular formula is C16H27N5O2S. The zero-order chi connectivity index (χ0) is 16.9. The van der Waals surface area contributed by atoms with Crippen LogP contribution in [0.2, 0.25) is 0 Å². The van der Waals surface area contributed by atoms with Crippen LogP contribution >= 0.6 is 11.8 Å². The Morgan fingerprint density at radius 2 is 2.21 bits per heavy atom. The van der Waals surface area contributed by atoms with Gasteiger partial charge >= 0.3 is 0 Å². The Morgan fingerprint density at radius 3 is 2.83 bits per heavy atom. The molecule has 0 aromatic carbocycles. The maximum Gasteiger partial charge on any atom is 0.243 e. The molecular weight excluding hydrogens is 326 g/mol. The summed E-state index contributed by atoms with van der Waals surface area (Å²) in [7, 11) is 0. The molecule has 3 rings (SSSR count). The molecule has 0 bridgehead atoms. The molecule has 2 atom stereocenters. The molecule has 0 saturated carbocycles. The van der Waals surface area contributed by atoms with E-state index in [1.807, 2.05) is 23.6 Å². The fourth-order valence-electron chi connectivity index (χ4n) is 3.19. The third-order valence-corrected chi connectivity index (χ3v) is 5.92. The largest absolute Gasteiger partial charge is 0.340 e. The standard InChI is InChI=1S/C16H27N5O2S/c1-3-14-18-16(23-19-14)12(2)20-5-7-21(8-6-20)15(22)10-13-11-24-9-4-17-13/h12-13,17H,3-11H2,1-2H3. The van der Waals surface area contributed by atoms with Gasteiger partial charge in [0, 0.05) is 63.1 Å². The fourth-order valence-corrected chi connectivity index (χ4v) is 4.14. The minimum atomic E-state index is 0.103. The molecule has 1 aromatic heterocycles. The Labute approximate surface area is 147 Å². The van der Waals surface area contributed by atoms with E-state index in [4.69, 9.17) is 4.52 Å². The number of thioether (sulfide) groups is 1. The maximum atomic E-state index is 12.5. The van der Waals surface area contributed by atoms with E-state index >= 15 is 0 Å². The molecule has 1 N–H and O–H groups in total. The van der Waals surface area contributed by atoms with Gasteiger partial charge in [0.2, 0.25) is 11.8 Å². The van der Waals surface area contributed by atoms with Crippen molar-refractivity contribution in [1.82, 2.24) is 25.3 Å². The van der Waals surface area contributed by atoms with Gasteiger partial charge in [0.1, 0.15) is 0 Å². The van der Waals surface area contributed by atoms with Crippen LogP contribution in [0.15, 0.2) is 4.52 Å². The molecule has 2 aliphatic rings. The van der Waals surface area contributed by atoms with Gasteiger partial charge in [-0.2, -0.15) is 16.7 Å². The lowest BCUT2D eigenvalue weighted by Gasteiger charge is -2.37. The molecule has 1 aromatic rings. The molecule has 7 nitrogen and oxygen atoms in total. The minimum absolute atomic E-state index is 0.103. The van der Waals surface area contributed by atoms with Gasteiger partial charge in [0.05, 0.1) is 6.04 Å². The van der Waals surface area contributed by atoms with Crippen molar-refractivity contribution in [3.63, 3.8) is 0 Å². The number of nitrogens with one attached hydrogen (secondary N) is 1. The summed E-state index contributed by atoms with van der Waals surface area (Å²) >= 11 is 1.93. The number of nitrogens with zero attached hydrogens (tertiary/aromatic N) is 4. The molecule has 0 spiro atoms. The van der Waals surface area contributed by atoms with Gasteiger partial charge in [0.15, 0.2) is 5.82 Å². The van der Waals surface area contributed by atoms with Crippen molar-refractivity contribution in [2.24, 2.45) is 0 Å². The number of amides is 1. The molecule has 134 valence electrons. The zero-order valence-corrected chi connectivity index (χ0v) is 15.3. The van der Waals surface area contributed by atoms with Crippen LogP contribution in [0.5, 0.6) is 0 Å². The first kappa shape index (κ1) is 17.7. The van der Waals surface area contributed by atoms with Gasteiger partial charge in [0.25, 0.3) is 0 Å². The highest BCUT2D eigenvalue weighted by Gasteiger charge is 2.28. The van der Waals surface area contributed by atoms with Crippen molar-refractivity contribution in [3.05, 3.63) is 11.7 Å². The number of hydrogen-bond acceptors (Lipinski definition) is 7. The lowest BCUT2D eigenvalue weighted by Crippen LogP contribution is -2.51. The summed E-state index contributed by atoms with van der Waals surface area (Å²) in [5, 5.41) is 7.41. The minimum Gasteiger partial charge on any atom is -0.340 e. The first-order valence-corrected chi connectivity index (χ1v) is 9.98. The number of piperazine rings is 1. The van der Waals surface area contributed by atoms with Gasteiger partial charge in [-0.3, -0.25) is 9.69 Å². The molecule has 2 aliphatic heterocycles. The summed E-state index contributed by atoms with van der Waals surface area (Å²) < 4.78 is 5.35. The van der Waals surface area contributed by atoms with Crippen LogP contribution in [0.3, 0.4) is 0 Å². The SMILES string of the molecule is CCc1noc(C(C)N2CCN(C(=O)CC3CSCCN3)CC2)n1. The molecule has 8 heteroatoms. The quantitative estimate of drug-likeness (QED) is 0.844. The van der Waals surface area contributed by atoms with Gasteiger partial charge in [-0.1, -0.05) is 12.1 Å². The summed E-state index contributed by atoms with van der Waals surface area (Å²) in [5.74, 6) is 3.89. The van der Waals surface area contributed by atoms with Gasteiger partial charge < -0.3 is 14.7 Å². The average Bonchev–Trinajstić information content (AvgIpc) is 3.11. The second-order valence-electron chi connectivity index (χ2n) is 6.43. The highest BCUT2D eigenvalue weighted by atomic mass is 32.2. The second-order valence-corrected chi connectivity index (χ2v) is 7.58. The van der Waals surface area contributed by atoms with E-state index in [0.717, 1.165) is 56.5 Å². The van der Waals surface area contributed by atoms with Crippen molar-refractivity contribution >= 4 is 17.7 Å². The van der Waals surface area contributed by atoms with E-state index in [1.165, 1.54) is 0 Å². The Morgan fingerprint density at radius 1 is 1.42 bits per heavy atom. The van der Waals surface area contributed by atoms with Crippen molar-refractivity contribution in [3.8, 4) is 0 Å². The maximum absolute atomic E-state index is 12.5. The van der Waals surface area contributed by atoms with E-state index in [-0.39, 0.29) is 11.9 Å². The van der Waals surface area contributed by atoms with Crippen LogP contribution in [-0.4, -0.2) is 76.1 Å². The highest BCUT2D eigenvalue weighted by Crippen LogP contribution is 2.21. The predicted octanol–water partition coefficient (Wildman–Crippen LogP) is 0.932. The van der Waals surface area contributed by atoms with Gasteiger partial charge in [-0.15, -0.1) is 0 Å². The third-order valence-electron chi connectivity index (χ3n) is 4.79. The molecule has 0 radical (unpaired) electrons. The average molecular weight is 353 g/mol. The summed E-state index contributed by atoms with van der Waals surface area (Å²) in [6.07, 6.45) is 1.40. The lowest BCUT2D eigenvalue weighted by molar-refractivity contribution is -0.133. The molecule has 0 aliphatic carbocycles. The Hall–Kier alpha value is -1.12. The predicted molar refractivity (Wildman–Crippen MR) is 94.0 cm³/mol. The van der Waals surface area contributed by atoms with Crippen molar-refractivity contribution in [2.45, 2.75) is 38.8 Å². The summed E-state index contributed by atoms with van der Waals surface area (Å²) in [6, 6.07) is 0.436. The first-order valence-electron chi connectivity index (χ1n) is 8.82. The van der Waals surface area contributed by atoms with E-state index in [9.17, 15) is 4.79 Å². The number of carbonyl (C=O) groups excluding carboxylic acids is 1. The van der Waals surface area contributed by atoms with Gasteiger partial charge in [-0.25, -0.2) is 0 Å². The number of rotatable bonds is 5. The number of aromatic nitrogens is 2. The summed E-state index contributed by atoms with van der Waals surface area (Å²) in [4.78, 5) is 21.2. The van der Waals surface area contributed by atoms with Crippen molar-refractivity contribution < 1.29 is 9.32 Å². The molecule has 24 heavy (non-hydrogen) atoms. The smallest absolute Gasteiger partial charge is 0.243 e. The summed E-state index contributed by atoms with van der Waals surface area (Å²) in [5.41, 5.74) is 0. The molecule has 2 fully saturated rings. The molecule has 2 saturated heterocycles. The first-order chi connectivity index (χ1) is 11.7. The van der Waals surface area contributed by atoms with Crippen LogP contribution in [-0.2, 0) is 11.2 Å². The number of hydrogen-bond donors (Lipinski definition) is 1. The Kier molecular flexibility index (Phi) is 6.13. The van der Waals surface area contributed by atoms with Crippen LogP contribution in [0, 0.1) is 0 Å².